The Morgan fingerprint density at radius 2 is 1.75 bits per heavy atom. The van der Waals surface area contributed by atoms with E-state index in [1.165, 1.54) is 24.3 Å². The van der Waals surface area contributed by atoms with Gasteiger partial charge in [-0.2, -0.15) is 10.1 Å². The second-order valence-corrected chi connectivity index (χ2v) is 7.52. The second kappa shape index (κ2) is 9.64. The van der Waals surface area contributed by atoms with Crippen LogP contribution in [0.25, 0.3) is 5.69 Å². The molecule has 32 heavy (non-hydrogen) atoms. The third kappa shape index (κ3) is 5.32. The quantitative estimate of drug-likeness (QED) is 0.292. The van der Waals surface area contributed by atoms with Crippen LogP contribution in [0.2, 0.25) is 10.0 Å². The molecule has 0 spiro atoms. The maximum Gasteiger partial charge on any atom is 0.258 e. The molecule has 0 atom stereocenters. The molecule has 0 unspecified atom stereocenters. The van der Waals surface area contributed by atoms with Crippen LogP contribution < -0.4 is 10.6 Å². The predicted octanol–water partition coefficient (Wildman–Crippen LogP) is 5.85. The van der Waals surface area contributed by atoms with Crippen molar-refractivity contribution in [2.75, 3.05) is 5.32 Å². The molecule has 1 aromatic heterocycles. The summed E-state index contributed by atoms with van der Waals surface area (Å²) in [5.41, 5.74) is 1.43. The maximum absolute atomic E-state index is 13.8. The molecule has 0 aliphatic carbocycles. The summed E-state index contributed by atoms with van der Waals surface area (Å²) in [4.78, 5) is 17.3. The van der Waals surface area contributed by atoms with Crippen LogP contribution in [0.3, 0.4) is 0 Å². The Balaban J connectivity index is 1.70. The molecule has 0 saturated heterocycles. The zero-order valence-corrected chi connectivity index (χ0v) is 18.0. The van der Waals surface area contributed by atoms with E-state index in [9.17, 15) is 9.18 Å². The first kappa shape index (κ1) is 21.5. The van der Waals surface area contributed by atoms with E-state index >= 15 is 0 Å². The second-order valence-electron chi connectivity index (χ2n) is 6.64. The molecule has 0 saturated carbocycles. The standard InChI is InChI=1S/C23H16Cl2FN5O/c24-16-6-4-5-15(11-16)22(32)30-23(28-19-13-17(25)12-18(26)14-19)29-21-9-10-27-31(21)20-7-2-1-3-8-20/h1-14H,(H2,28,29,30,32). The van der Waals surface area contributed by atoms with Crippen LogP contribution >= 0.6 is 23.2 Å². The number of aliphatic imine (C=N–C) groups is 1. The molecule has 2 N–H and O–H groups in total. The molecule has 160 valence electrons. The first-order chi connectivity index (χ1) is 15.5. The lowest BCUT2D eigenvalue weighted by Crippen LogP contribution is -2.36. The van der Waals surface area contributed by atoms with Crippen molar-refractivity contribution in [3.05, 3.63) is 106 Å². The van der Waals surface area contributed by atoms with Gasteiger partial charge in [-0.15, -0.1) is 0 Å². The number of guanidine groups is 1. The minimum atomic E-state index is -0.533. The number of nitrogens with one attached hydrogen (secondary N) is 2. The smallest absolute Gasteiger partial charge is 0.258 e. The van der Waals surface area contributed by atoms with Crippen molar-refractivity contribution in [1.82, 2.24) is 15.1 Å². The molecule has 0 bridgehead atoms. The van der Waals surface area contributed by atoms with Gasteiger partial charge in [-0.1, -0.05) is 47.5 Å². The Kier molecular flexibility index (Phi) is 6.49. The molecule has 0 radical (unpaired) electrons. The van der Waals surface area contributed by atoms with Crippen molar-refractivity contribution >= 4 is 46.6 Å². The van der Waals surface area contributed by atoms with E-state index in [0.29, 0.717) is 22.1 Å². The van der Waals surface area contributed by atoms with E-state index in [1.54, 1.807) is 35.1 Å². The number of nitrogens with zero attached hydrogens (tertiary/aromatic N) is 3. The van der Waals surface area contributed by atoms with Crippen LogP contribution in [0, 0.1) is 5.82 Å². The molecular formula is C23H16Cl2FN5O. The van der Waals surface area contributed by atoms with Crippen molar-refractivity contribution in [2.24, 2.45) is 4.99 Å². The molecule has 1 amide bonds. The van der Waals surface area contributed by atoms with E-state index in [1.807, 2.05) is 30.3 Å². The van der Waals surface area contributed by atoms with Gasteiger partial charge in [-0.25, -0.2) is 9.07 Å². The first-order valence-electron chi connectivity index (χ1n) is 9.46. The SMILES string of the molecule is O=C(NC(=Nc1ccnn1-c1ccccc1)Nc1cc(F)cc(Cl)c1)c1cccc(Cl)c1. The minimum absolute atomic E-state index is 0.0503. The summed E-state index contributed by atoms with van der Waals surface area (Å²) in [5, 5.41) is 10.5. The Morgan fingerprint density at radius 1 is 0.938 bits per heavy atom. The Morgan fingerprint density at radius 3 is 2.50 bits per heavy atom. The monoisotopic (exact) mass is 467 g/mol. The van der Waals surface area contributed by atoms with E-state index in [2.05, 4.69) is 20.7 Å². The lowest BCUT2D eigenvalue weighted by Gasteiger charge is -2.13. The van der Waals surface area contributed by atoms with Crippen molar-refractivity contribution in [3.63, 3.8) is 0 Å². The Labute approximate surface area is 193 Å². The van der Waals surface area contributed by atoms with Gasteiger partial charge >= 0.3 is 0 Å². The number of aromatic nitrogens is 2. The number of carbonyl (C=O) groups is 1. The van der Waals surface area contributed by atoms with E-state index < -0.39 is 11.7 Å². The summed E-state index contributed by atoms with van der Waals surface area (Å²) < 4.78 is 15.4. The van der Waals surface area contributed by atoms with E-state index in [0.717, 1.165) is 5.69 Å². The van der Waals surface area contributed by atoms with Gasteiger partial charge < -0.3 is 5.32 Å². The van der Waals surface area contributed by atoms with Crippen LogP contribution in [0.5, 0.6) is 0 Å². The predicted molar refractivity (Wildman–Crippen MR) is 125 cm³/mol. The minimum Gasteiger partial charge on any atom is -0.325 e. The number of hydrogen-bond donors (Lipinski definition) is 2. The molecule has 9 heteroatoms. The van der Waals surface area contributed by atoms with E-state index in [-0.39, 0.29) is 11.0 Å². The molecule has 0 aliphatic rings. The van der Waals surface area contributed by atoms with Gasteiger partial charge in [0.15, 0.2) is 5.82 Å². The summed E-state index contributed by atoms with van der Waals surface area (Å²) in [7, 11) is 0. The van der Waals surface area contributed by atoms with Crippen LogP contribution in [0.4, 0.5) is 15.9 Å². The molecular weight excluding hydrogens is 452 g/mol. The number of amides is 1. The first-order valence-corrected chi connectivity index (χ1v) is 10.2. The molecule has 1 heterocycles. The van der Waals surface area contributed by atoms with Gasteiger partial charge in [0, 0.05) is 27.4 Å². The average Bonchev–Trinajstić information content (AvgIpc) is 3.21. The number of rotatable bonds is 4. The van der Waals surface area contributed by atoms with Gasteiger partial charge in [0.1, 0.15) is 5.82 Å². The fourth-order valence-electron chi connectivity index (χ4n) is 2.92. The highest BCUT2D eigenvalue weighted by Crippen LogP contribution is 2.20. The summed E-state index contributed by atoms with van der Waals surface area (Å²) in [6, 6.07) is 21.5. The van der Waals surface area contributed by atoms with Crippen LogP contribution in [0.15, 0.2) is 90.1 Å². The zero-order valence-electron chi connectivity index (χ0n) is 16.5. The third-order valence-corrected chi connectivity index (χ3v) is 4.75. The molecule has 4 aromatic rings. The number of halogens is 3. The lowest BCUT2D eigenvalue weighted by atomic mass is 10.2. The van der Waals surface area contributed by atoms with Gasteiger partial charge in [-0.3, -0.25) is 10.1 Å². The van der Waals surface area contributed by atoms with Crippen LogP contribution in [-0.4, -0.2) is 21.6 Å². The highest BCUT2D eigenvalue weighted by molar-refractivity contribution is 6.31. The Hall–Kier alpha value is -3.68. The number of para-hydroxylation sites is 1. The van der Waals surface area contributed by atoms with Crippen molar-refractivity contribution < 1.29 is 9.18 Å². The van der Waals surface area contributed by atoms with Gasteiger partial charge in [0.25, 0.3) is 5.91 Å². The van der Waals surface area contributed by atoms with Gasteiger partial charge in [0.05, 0.1) is 11.9 Å². The highest BCUT2D eigenvalue weighted by atomic mass is 35.5. The van der Waals surface area contributed by atoms with Crippen molar-refractivity contribution in [2.45, 2.75) is 0 Å². The molecule has 0 fully saturated rings. The topological polar surface area (TPSA) is 71.3 Å². The average molecular weight is 468 g/mol. The van der Waals surface area contributed by atoms with E-state index in [4.69, 9.17) is 23.2 Å². The summed E-state index contributed by atoms with van der Waals surface area (Å²) in [5.74, 6) is -0.496. The fourth-order valence-corrected chi connectivity index (χ4v) is 3.34. The lowest BCUT2D eigenvalue weighted by molar-refractivity contribution is 0.0977. The normalized spacial score (nSPS) is 11.3. The molecule has 4 rings (SSSR count). The zero-order chi connectivity index (χ0) is 22.5. The highest BCUT2D eigenvalue weighted by Gasteiger charge is 2.13. The number of hydrogen-bond acceptors (Lipinski definition) is 3. The largest absolute Gasteiger partial charge is 0.325 e. The van der Waals surface area contributed by atoms with Crippen molar-refractivity contribution in [1.29, 1.82) is 0 Å². The molecule has 3 aromatic carbocycles. The molecule has 0 aliphatic heterocycles. The fraction of sp³-hybridized carbons (Fsp3) is 0. The summed E-state index contributed by atoms with van der Waals surface area (Å²) >= 11 is 12.0. The number of carbonyl (C=O) groups excluding carboxylic acids is 1. The summed E-state index contributed by atoms with van der Waals surface area (Å²) in [6.07, 6.45) is 1.58. The van der Waals surface area contributed by atoms with Crippen LogP contribution in [0.1, 0.15) is 10.4 Å². The van der Waals surface area contributed by atoms with Gasteiger partial charge in [-0.05, 0) is 48.5 Å². The Bertz CT molecular complexity index is 1270. The maximum atomic E-state index is 13.8. The number of anilines is 1. The van der Waals surface area contributed by atoms with Gasteiger partial charge in [0.2, 0.25) is 5.96 Å². The third-order valence-electron chi connectivity index (χ3n) is 4.29. The summed E-state index contributed by atoms with van der Waals surface area (Å²) in [6.45, 7) is 0. The molecule has 6 nitrogen and oxygen atoms in total. The van der Waals surface area contributed by atoms with Crippen molar-refractivity contribution in [3.8, 4) is 5.69 Å². The van der Waals surface area contributed by atoms with Crippen LogP contribution in [-0.2, 0) is 0 Å². The number of benzene rings is 3.